The van der Waals surface area contributed by atoms with Gasteiger partial charge in [0.25, 0.3) is 0 Å². The SMILES string of the molecule is CCc1c(N2CC(C)O[C@H](C)C2)ccc(NCCCCCN)c1F. The lowest BCUT2D eigenvalue weighted by Gasteiger charge is -2.38. The number of benzene rings is 1. The highest BCUT2D eigenvalue weighted by molar-refractivity contribution is 5.62. The lowest BCUT2D eigenvalue weighted by atomic mass is 10.1. The molecule has 0 bridgehead atoms. The third kappa shape index (κ3) is 4.84. The number of halogens is 1. The minimum Gasteiger partial charge on any atom is -0.383 e. The number of anilines is 2. The van der Waals surface area contributed by atoms with E-state index in [-0.39, 0.29) is 18.0 Å². The Balaban J connectivity index is 2.09. The quantitative estimate of drug-likeness (QED) is 0.713. The van der Waals surface area contributed by atoms with Crippen molar-refractivity contribution in [2.75, 3.05) is 36.4 Å². The zero-order valence-electron chi connectivity index (χ0n) is 15.3. The number of rotatable bonds is 8. The van der Waals surface area contributed by atoms with Gasteiger partial charge in [-0.05, 0) is 51.8 Å². The van der Waals surface area contributed by atoms with Crippen LogP contribution in [0.25, 0.3) is 0 Å². The molecule has 24 heavy (non-hydrogen) atoms. The van der Waals surface area contributed by atoms with Crippen LogP contribution in [0.3, 0.4) is 0 Å². The standard InChI is InChI=1S/C19H32FN3O/c1-4-16-18(23-12-14(2)24-15(3)13-23)9-8-17(19(16)20)22-11-7-5-6-10-21/h8-9,14-15,22H,4-7,10-13,21H2,1-3H3/t14-,15?/m1/s1. The number of unbranched alkanes of at least 4 members (excludes halogenated alkanes) is 2. The number of nitrogens with one attached hydrogen (secondary N) is 1. The third-order valence-corrected chi connectivity index (χ3v) is 4.53. The molecule has 1 aromatic carbocycles. The van der Waals surface area contributed by atoms with Gasteiger partial charge in [-0.2, -0.15) is 0 Å². The van der Waals surface area contributed by atoms with Crippen LogP contribution in [0.4, 0.5) is 15.8 Å². The summed E-state index contributed by atoms with van der Waals surface area (Å²) in [7, 11) is 0. The summed E-state index contributed by atoms with van der Waals surface area (Å²) < 4.78 is 20.7. The van der Waals surface area contributed by atoms with Crippen molar-refractivity contribution in [3.8, 4) is 0 Å². The molecule has 1 unspecified atom stereocenters. The lowest BCUT2D eigenvalue weighted by Crippen LogP contribution is -2.45. The van der Waals surface area contributed by atoms with Crippen LogP contribution >= 0.6 is 0 Å². The third-order valence-electron chi connectivity index (χ3n) is 4.53. The topological polar surface area (TPSA) is 50.5 Å². The van der Waals surface area contributed by atoms with Gasteiger partial charge in [-0.25, -0.2) is 4.39 Å². The molecule has 0 aromatic heterocycles. The summed E-state index contributed by atoms with van der Waals surface area (Å²) in [4.78, 5) is 2.26. The van der Waals surface area contributed by atoms with Gasteiger partial charge in [-0.15, -0.1) is 0 Å². The van der Waals surface area contributed by atoms with Crippen molar-refractivity contribution in [3.05, 3.63) is 23.5 Å². The highest BCUT2D eigenvalue weighted by atomic mass is 19.1. The van der Waals surface area contributed by atoms with Gasteiger partial charge in [0.2, 0.25) is 0 Å². The van der Waals surface area contributed by atoms with Crippen molar-refractivity contribution in [3.63, 3.8) is 0 Å². The minimum absolute atomic E-state index is 0.111. The molecule has 0 saturated carbocycles. The molecule has 0 amide bonds. The zero-order chi connectivity index (χ0) is 17.5. The fourth-order valence-electron chi connectivity index (χ4n) is 3.42. The highest BCUT2D eigenvalue weighted by Gasteiger charge is 2.25. The van der Waals surface area contributed by atoms with Crippen LogP contribution in [0.5, 0.6) is 0 Å². The molecule has 2 atom stereocenters. The lowest BCUT2D eigenvalue weighted by molar-refractivity contribution is -0.00527. The molecule has 0 aliphatic carbocycles. The number of hydrogen-bond donors (Lipinski definition) is 2. The molecular weight excluding hydrogens is 305 g/mol. The monoisotopic (exact) mass is 337 g/mol. The van der Waals surface area contributed by atoms with Crippen molar-refractivity contribution >= 4 is 11.4 Å². The molecule has 4 nitrogen and oxygen atoms in total. The number of nitrogens with two attached hydrogens (primary N) is 1. The molecule has 1 aliphatic heterocycles. The molecule has 1 aliphatic rings. The van der Waals surface area contributed by atoms with Crippen molar-refractivity contribution in [2.24, 2.45) is 5.73 Å². The maximum Gasteiger partial charge on any atom is 0.151 e. The first-order valence-electron chi connectivity index (χ1n) is 9.22. The summed E-state index contributed by atoms with van der Waals surface area (Å²) in [5.41, 5.74) is 7.91. The Morgan fingerprint density at radius 2 is 1.92 bits per heavy atom. The Morgan fingerprint density at radius 1 is 1.21 bits per heavy atom. The van der Waals surface area contributed by atoms with Crippen LogP contribution in [0.2, 0.25) is 0 Å². The average Bonchev–Trinajstić information content (AvgIpc) is 2.54. The van der Waals surface area contributed by atoms with Gasteiger partial charge >= 0.3 is 0 Å². The Bertz CT molecular complexity index is 514. The summed E-state index contributed by atoms with van der Waals surface area (Å²) in [5, 5.41) is 3.24. The van der Waals surface area contributed by atoms with E-state index in [1.165, 1.54) is 0 Å². The van der Waals surface area contributed by atoms with E-state index in [1.54, 1.807) is 0 Å². The largest absolute Gasteiger partial charge is 0.383 e. The van der Waals surface area contributed by atoms with Crippen LogP contribution in [-0.2, 0) is 11.2 Å². The van der Waals surface area contributed by atoms with Crippen LogP contribution in [0.1, 0.15) is 45.6 Å². The second kappa shape index (κ2) is 9.23. The Morgan fingerprint density at radius 3 is 2.54 bits per heavy atom. The Hall–Kier alpha value is -1.33. The van der Waals surface area contributed by atoms with Gasteiger partial charge < -0.3 is 20.7 Å². The summed E-state index contributed by atoms with van der Waals surface area (Å²) >= 11 is 0. The van der Waals surface area contributed by atoms with E-state index in [1.807, 2.05) is 13.0 Å². The van der Waals surface area contributed by atoms with E-state index < -0.39 is 0 Å². The summed E-state index contributed by atoms with van der Waals surface area (Å²) in [5.74, 6) is -0.111. The number of ether oxygens (including phenoxy) is 1. The molecule has 1 fully saturated rings. The maximum atomic E-state index is 14.9. The van der Waals surface area contributed by atoms with E-state index in [4.69, 9.17) is 10.5 Å². The van der Waals surface area contributed by atoms with E-state index in [2.05, 4.69) is 30.1 Å². The van der Waals surface area contributed by atoms with E-state index in [0.29, 0.717) is 12.1 Å². The van der Waals surface area contributed by atoms with Crippen molar-refractivity contribution in [1.82, 2.24) is 0 Å². The summed E-state index contributed by atoms with van der Waals surface area (Å²) in [6.07, 6.45) is 4.13. The Kier molecular flexibility index (Phi) is 7.31. The Labute approximate surface area is 145 Å². The summed E-state index contributed by atoms with van der Waals surface area (Å²) in [6, 6.07) is 3.92. The molecule has 2 rings (SSSR count). The molecule has 0 radical (unpaired) electrons. The molecule has 5 heteroatoms. The van der Waals surface area contributed by atoms with E-state index >= 15 is 0 Å². The predicted octanol–water partition coefficient (Wildman–Crippen LogP) is 3.54. The smallest absolute Gasteiger partial charge is 0.151 e. The van der Waals surface area contributed by atoms with Gasteiger partial charge in [0.15, 0.2) is 5.82 Å². The second-order valence-electron chi connectivity index (χ2n) is 6.72. The van der Waals surface area contributed by atoms with Gasteiger partial charge in [0, 0.05) is 30.9 Å². The van der Waals surface area contributed by atoms with Gasteiger partial charge in [0.1, 0.15) is 0 Å². The van der Waals surface area contributed by atoms with Crippen LogP contribution < -0.4 is 16.0 Å². The highest BCUT2D eigenvalue weighted by Crippen LogP contribution is 2.31. The van der Waals surface area contributed by atoms with Gasteiger partial charge in [0.05, 0.1) is 17.9 Å². The van der Waals surface area contributed by atoms with Crippen molar-refractivity contribution in [2.45, 2.75) is 58.7 Å². The first kappa shape index (κ1) is 19.0. The van der Waals surface area contributed by atoms with Crippen molar-refractivity contribution < 1.29 is 9.13 Å². The number of hydrogen-bond acceptors (Lipinski definition) is 4. The zero-order valence-corrected chi connectivity index (χ0v) is 15.3. The maximum absolute atomic E-state index is 14.9. The van der Waals surface area contributed by atoms with Gasteiger partial charge in [-0.1, -0.05) is 13.3 Å². The molecule has 0 spiro atoms. The van der Waals surface area contributed by atoms with Gasteiger partial charge in [-0.3, -0.25) is 0 Å². The van der Waals surface area contributed by atoms with Crippen LogP contribution in [0.15, 0.2) is 12.1 Å². The molecule has 136 valence electrons. The molecule has 3 N–H and O–H groups in total. The summed E-state index contributed by atoms with van der Waals surface area (Å²) in [6.45, 7) is 9.28. The number of morpholine rings is 1. The predicted molar refractivity (Wildman–Crippen MR) is 99.4 cm³/mol. The minimum atomic E-state index is -0.111. The average molecular weight is 337 g/mol. The van der Waals surface area contributed by atoms with E-state index in [0.717, 1.165) is 56.7 Å². The van der Waals surface area contributed by atoms with E-state index in [9.17, 15) is 4.39 Å². The second-order valence-corrected chi connectivity index (χ2v) is 6.72. The fraction of sp³-hybridized carbons (Fsp3) is 0.684. The van der Waals surface area contributed by atoms with Crippen LogP contribution in [-0.4, -0.2) is 38.4 Å². The fourth-order valence-corrected chi connectivity index (χ4v) is 3.42. The van der Waals surface area contributed by atoms with Crippen molar-refractivity contribution in [1.29, 1.82) is 0 Å². The molecular formula is C19H32FN3O. The molecule has 1 aromatic rings. The first-order valence-corrected chi connectivity index (χ1v) is 9.22. The molecule has 1 heterocycles. The molecule has 1 saturated heterocycles. The normalized spacial score (nSPS) is 21.1. The van der Waals surface area contributed by atoms with Crippen LogP contribution in [0, 0.1) is 5.82 Å². The number of nitrogens with zero attached hydrogens (tertiary/aromatic N) is 1. The first-order chi connectivity index (χ1) is 11.6.